The average Bonchev–Trinajstić information content (AvgIpc) is 2.37. The Morgan fingerprint density at radius 3 is 1.83 bits per heavy atom. The van der Waals surface area contributed by atoms with E-state index in [9.17, 15) is 9.90 Å². The fourth-order valence-corrected chi connectivity index (χ4v) is 2.79. The lowest BCUT2D eigenvalue weighted by atomic mass is 9.80. The molecule has 0 radical (unpaired) electrons. The second-order valence-corrected chi connectivity index (χ2v) is 6.64. The van der Waals surface area contributed by atoms with E-state index < -0.39 is 11.9 Å². The van der Waals surface area contributed by atoms with E-state index >= 15 is 0 Å². The highest BCUT2D eigenvalue weighted by Gasteiger charge is 2.27. The molecule has 0 amide bonds. The van der Waals surface area contributed by atoms with E-state index in [0.29, 0.717) is 18.3 Å². The van der Waals surface area contributed by atoms with Crippen LogP contribution in [0.4, 0.5) is 0 Å². The number of hydrogen-bond acceptors (Lipinski definition) is 2. The number of carboxylic acids is 1. The van der Waals surface area contributed by atoms with E-state index in [0.717, 1.165) is 12.1 Å². The molecule has 0 heterocycles. The van der Waals surface area contributed by atoms with Gasteiger partial charge in [0, 0.05) is 0 Å². The lowest BCUT2D eigenvalue weighted by Crippen LogP contribution is -2.22. The summed E-state index contributed by atoms with van der Waals surface area (Å²) in [6, 6.07) is 6.22. The zero-order valence-corrected chi connectivity index (χ0v) is 15.9. The van der Waals surface area contributed by atoms with Gasteiger partial charge in [0.1, 0.15) is 0 Å². The molecule has 134 valence electrons. The highest BCUT2D eigenvalue weighted by atomic mass is 35.5. The first-order chi connectivity index (χ1) is 9.75. The zero-order chi connectivity index (χ0) is 16.2. The lowest BCUT2D eigenvalue weighted by molar-refractivity contribution is -0.139. The molecule has 1 rings (SSSR count). The fourth-order valence-electron chi connectivity index (χ4n) is 2.79. The Labute approximate surface area is 146 Å². The van der Waals surface area contributed by atoms with Crippen LogP contribution >= 0.6 is 12.4 Å². The minimum Gasteiger partial charge on any atom is -0.481 e. The second-order valence-electron chi connectivity index (χ2n) is 6.64. The first-order valence-corrected chi connectivity index (χ1v) is 7.75. The molecule has 0 aromatic heterocycles. The highest BCUT2D eigenvalue weighted by Crippen LogP contribution is 2.35. The molecule has 0 bridgehead atoms. The molecule has 23 heavy (non-hydrogen) atoms. The van der Waals surface area contributed by atoms with Crippen molar-refractivity contribution < 1.29 is 15.4 Å². The number of aliphatic carboxylic acids is 1. The number of nitrogens with zero attached hydrogens (tertiary/aromatic N) is 1. The minimum absolute atomic E-state index is 0. The minimum atomic E-state index is -0.716. The van der Waals surface area contributed by atoms with Crippen LogP contribution < -0.4 is 0 Å². The Morgan fingerprint density at radius 2 is 1.52 bits per heavy atom. The van der Waals surface area contributed by atoms with Crippen LogP contribution in [0.1, 0.15) is 68.6 Å². The van der Waals surface area contributed by atoms with Gasteiger partial charge in [-0.1, -0.05) is 45.9 Å². The molecule has 0 spiro atoms. The van der Waals surface area contributed by atoms with Crippen molar-refractivity contribution in [3.63, 3.8) is 0 Å². The number of carbonyl (C=O) groups is 1. The van der Waals surface area contributed by atoms with Gasteiger partial charge >= 0.3 is 5.97 Å². The monoisotopic (exact) mass is 345 g/mol. The summed E-state index contributed by atoms with van der Waals surface area (Å²) in [5.74, 6) is -0.477. The fraction of sp³-hybridized carbons (Fsp3) is 0.611. The van der Waals surface area contributed by atoms with Crippen molar-refractivity contribution in [1.82, 2.24) is 4.90 Å². The summed E-state index contributed by atoms with van der Waals surface area (Å²) < 4.78 is 0. The van der Waals surface area contributed by atoms with Crippen LogP contribution in [0.3, 0.4) is 0 Å². The summed E-state index contributed by atoms with van der Waals surface area (Å²) in [7, 11) is 3.97. The zero-order valence-electron chi connectivity index (χ0n) is 15.1. The van der Waals surface area contributed by atoms with Gasteiger partial charge in [0.05, 0.1) is 5.92 Å². The van der Waals surface area contributed by atoms with E-state index in [1.54, 1.807) is 0 Å². The average molecular weight is 346 g/mol. The smallest absolute Gasteiger partial charge is 0.311 e. The lowest BCUT2D eigenvalue weighted by Gasteiger charge is -2.25. The number of benzene rings is 1. The van der Waals surface area contributed by atoms with Crippen molar-refractivity contribution in [2.45, 2.75) is 51.9 Å². The quantitative estimate of drug-likeness (QED) is 0.819. The Balaban J connectivity index is 0. The molecule has 0 aliphatic rings. The molecular weight excluding hydrogens is 314 g/mol. The molecular formula is C18H32ClNO3. The van der Waals surface area contributed by atoms with Crippen molar-refractivity contribution in [1.29, 1.82) is 0 Å². The predicted octanol–water partition coefficient (Wildman–Crippen LogP) is 3.65. The maximum absolute atomic E-state index is 11.8. The summed E-state index contributed by atoms with van der Waals surface area (Å²) in [4.78, 5) is 13.9. The number of halogens is 1. The molecule has 0 aliphatic heterocycles. The molecule has 1 atom stereocenters. The first-order valence-electron chi connectivity index (χ1n) is 7.75. The molecule has 0 saturated carbocycles. The van der Waals surface area contributed by atoms with Crippen molar-refractivity contribution in [2.75, 3.05) is 20.6 Å². The summed E-state index contributed by atoms with van der Waals surface area (Å²) in [6.07, 6.45) is 0.645. The first kappa shape index (κ1) is 24.2. The maximum atomic E-state index is 11.8. The summed E-state index contributed by atoms with van der Waals surface area (Å²) >= 11 is 0. The third-order valence-corrected chi connectivity index (χ3v) is 3.93. The van der Waals surface area contributed by atoms with Gasteiger partial charge in [0.25, 0.3) is 0 Å². The number of carboxylic acid groups (broad SMARTS) is 1. The van der Waals surface area contributed by atoms with Crippen LogP contribution in [0.5, 0.6) is 0 Å². The Kier molecular flexibility index (Phi) is 11.2. The van der Waals surface area contributed by atoms with Crippen LogP contribution in [0.15, 0.2) is 18.2 Å². The Hall–Kier alpha value is -1.10. The van der Waals surface area contributed by atoms with Crippen LogP contribution in [-0.2, 0) is 4.79 Å². The van der Waals surface area contributed by atoms with Gasteiger partial charge in [-0.15, -0.1) is 12.4 Å². The molecule has 1 aromatic carbocycles. The standard InChI is InChI=1S/C18H29NO2.ClH.H2O/c1-12(2)14-8-7-9-15(13(3)4)17(14)16(18(20)21)10-11-19(5)6;;/h7-9,12-13,16H,10-11H2,1-6H3,(H,20,21);1H;1H2. The molecule has 1 aromatic rings. The topological polar surface area (TPSA) is 72.0 Å². The Bertz CT molecular complexity index is 461. The van der Waals surface area contributed by atoms with Crippen molar-refractivity contribution >= 4 is 18.4 Å². The summed E-state index contributed by atoms with van der Waals surface area (Å²) in [5.41, 5.74) is 3.39. The van der Waals surface area contributed by atoms with Crippen LogP contribution in [0, 0.1) is 0 Å². The normalized spacial score (nSPS) is 12.0. The van der Waals surface area contributed by atoms with E-state index in [1.807, 2.05) is 19.0 Å². The molecule has 1 unspecified atom stereocenters. The van der Waals surface area contributed by atoms with Crippen LogP contribution in [0.2, 0.25) is 0 Å². The van der Waals surface area contributed by atoms with E-state index in [2.05, 4.69) is 45.9 Å². The second kappa shape index (κ2) is 10.6. The van der Waals surface area contributed by atoms with Crippen LogP contribution in [-0.4, -0.2) is 42.1 Å². The number of hydrogen-bond donors (Lipinski definition) is 1. The molecule has 3 N–H and O–H groups in total. The van der Waals surface area contributed by atoms with Gasteiger partial charge in [-0.25, -0.2) is 0 Å². The van der Waals surface area contributed by atoms with Crippen molar-refractivity contribution in [3.05, 3.63) is 34.9 Å². The van der Waals surface area contributed by atoms with Crippen LogP contribution in [0.25, 0.3) is 0 Å². The van der Waals surface area contributed by atoms with Gasteiger partial charge < -0.3 is 15.5 Å². The SMILES string of the molecule is CC(C)c1cccc(C(C)C)c1C(CCN(C)C)C(=O)O.Cl.O. The van der Waals surface area contributed by atoms with Gasteiger partial charge in [0.15, 0.2) is 0 Å². The van der Waals surface area contributed by atoms with Gasteiger partial charge in [0.2, 0.25) is 0 Å². The van der Waals surface area contributed by atoms with Gasteiger partial charge in [-0.2, -0.15) is 0 Å². The van der Waals surface area contributed by atoms with Gasteiger partial charge in [-0.3, -0.25) is 4.79 Å². The molecule has 0 saturated heterocycles. The van der Waals surface area contributed by atoms with E-state index in [1.165, 1.54) is 11.1 Å². The molecule has 0 fully saturated rings. The third-order valence-electron chi connectivity index (χ3n) is 3.93. The summed E-state index contributed by atoms with van der Waals surface area (Å²) in [5, 5.41) is 9.73. The number of rotatable bonds is 7. The largest absolute Gasteiger partial charge is 0.481 e. The van der Waals surface area contributed by atoms with E-state index in [4.69, 9.17) is 0 Å². The summed E-state index contributed by atoms with van der Waals surface area (Å²) in [6.45, 7) is 9.31. The molecule has 0 aliphatic carbocycles. The van der Waals surface area contributed by atoms with Crippen molar-refractivity contribution in [3.8, 4) is 0 Å². The predicted molar refractivity (Wildman–Crippen MR) is 99.0 cm³/mol. The van der Waals surface area contributed by atoms with E-state index in [-0.39, 0.29) is 17.9 Å². The molecule has 5 heteroatoms. The highest BCUT2D eigenvalue weighted by molar-refractivity contribution is 5.85. The molecule has 4 nitrogen and oxygen atoms in total. The maximum Gasteiger partial charge on any atom is 0.311 e. The van der Waals surface area contributed by atoms with Crippen molar-refractivity contribution in [2.24, 2.45) is 0 Å². The van der Waals surface area contributed by atoms with Gasteiger partial charge in [-0.05, 0) is 55.6 Å². The Morgan fingerprint density at radius 1 is 1.09 bits per heavy atom. The third kappa shape index (κ3) is 6.50.